The van der Waals surface area contributed by atoms with Crippen molar-refractivity contribution in [2.75, 3.05) is 34.9 Å². The molecule has 3 aromatic rings. The van der Waals surface area contributed by atoms with Crippen LogP contribution in [0.15, 0.2) is 42.2 Å². The smallest absolute Gasteiger partial charge is 0.231 e. The number of hydrogen-bond acceptors (Lipinski definition) is 9. The second-order valence-electron chi connectivity index (χ2n) is 9.18. The van der Waals surface area contributed by atoms with Crippen molar-refractivity contribution in [1.29, 1.82) is 0 Å². The molecule has 0 unspecified atom stereocenters. The van der Waals surface area contributed by atoms with E-state index >= 15 is 0 Å². The maximum absolute atomic E-state index is 13.4. The van der Waals surface area contributed by atoms with Crippen LogP contribution in [0.4, 0.5) is 0 Å². The van der Waals surface area contributed by atoms with Crippen LogP contribution in [0, 0.1) is 6.92 Å². The molecule has 0 bridgehead atoms. The molecule has 38 heavy (non-hydrogen) atoms. The molecule has 0 amide bonds. The molecule has 3 aromatic carbocycles. The number of ketones is 1. The van der Waals surface area contributed by atoms with Crippen molar-refractivity contribution in [2.24, 2.45) is 0 Å². The summed E-state index contributed by atoms with van der Waals surface area (Å²) >= 11 is 0. The molecule has 0 aliphatic carbocycles. The summed E-state index contributed by atoms with van der Waals surface area (Å²) in [5.74, 6) is 4.20. The minimum Gasteiger partial charge on any atom is -0.493 e. The van der Waals surface area contributed by atoms with E-state index in [4.69, 9.17) is 33.2 Å². The summed E-state index contributed by atoms with van der Waals surface area (Å²) in [5.41, 5.74) is 3.98. The maximum Gasteiger partial charge on any atom is 0.231 e. The van der Waals surface area contributed by atoms with Gasteiger partial charge in [-0.2, -0.15) is 0 Å². The van der Waals surface area contributed by atoms with Crippen molar-refractivity contribution in [1.82, 2.24) is 4.90 Å². The van der Waals surface area contributed by atoms with Gasteiger partial charge in [0.2, 0.25) is 18.3 Å². The van der Waals surface area contributed by atoms with E-state index < -0.39 is 0 Å². The van der Waals surface area contributed by atoms with Crippen LogP contribution >= 0.6 is 0 Å². The van der Waals surface area contributed by atoms with Gasteiger partial charge in [0.05, 0.1) is 26.9 Å². The number of fused-ring (bicyclic) bond motifs is 3. The van der Waals surface area contributed by atoms with Gasteiger partial charge in [0.15, 0.2) is 28.8 Å². The van der Waals surface area contributed by atoms with E-state index in [1.165, 1.54) is 14.2 Å². The highest BCUT2D eigenvalue weighted by Gasteiger charge is 2.34. The Kier molecular flexibility index (Phi) is 6.00. The maximum atomic E-state index is 13.4. The van der Waals surface area contributed by atoms with Crippen LogP contribution in [0.25, 0.3) is 6.08 Å². The summed E-state index contributed by atoms with van der Waals surface area (Å²) in [6, 6.07) is 11.4. The second-order valence-corrected chi connectivity index (χ2v) is 9.18. The lowest BCUT2D eigenvalue weighted by Gasteiger charge is -2.30. The lowest BCUT2D eigenvalue weighted by atomic mass is 9.99. The van der Waals surface area contributed by atoms with Gasteiger partial charge >= 0.3 is 0 Å². The molecule has 0 radical (unpaired) electrons. The molecule has 196 valence electrons. The standard InChI is InChI=1S/C29H27NO8/c1-16-26-19(13-30(14-35-26)12-17-5-7-21-23(9-17)37-15-36-21)10-20-25(31)24(38-27(16)20)11-18-6-8-22(32-2)29(34-4)28(18)33-3/h5-11H,12-15H2,1-4H3/b24-11-. The summed E-state index contributed by atoms with van der Waals surface area (Å²) in [5, 5.41) is 0. The third-order valence-electron chi connectivity index (χ3n) is 6.87. The topological polar surface area (TPSA) is 84.9 Å². The van der Waals surface area contributed by atoms with Gasteiger partial charge in [0.1, 0.15) is 18.2 Å². The Morgan fingerprint density at radius 1 is 0.921 bits per heavy atom. The van der Waals surface area contributed by atoms with Crippen LogP contribution in [0.1, 0.15) is 32.6 Å². The summed E-state index contributed by atoms with van der Waals surface area (Å²) in [6.07, 6.45) is 1.66. The fraction of sp³-hybridized carbons (Fsp3) is 0.276. The van der Waals surface area contributed by atoms with Gasteiger partial charge in [-0.05, 0) is 48.9 Å². The predicted octanol–water partition coefficient (Wildman–Crippen LogP) is 4.72. The molecule has 0 aromatic heterocycles. The normalized spacial score (nSPS) is 16.5. The fourth-order valence-electron chi connectivity index (χ4n) is 5.07. The van der Waals surface area contributed by atoms with Gasteiger partial charge < -0.3 is 33.2 Å². The Bertz CT molecular complexity index is 1480. The van der Waals surface area contributed by atoms with Gasteiger partial charge in [0.25, 0.3) is 0 Å². The summed E-state index contributed by atoms with van der Waals surface area (Å²) in [6.45, 7) is 3.88. The average Bonchev–Trinajstić information content (AvgIpc) is 3.52. The molecule has 0 saturated carbocycles. The van der Waals surface area contributed by atoms with Crippen LogP contribution in [0.3, 0.4) is 0 Å². The second kappa shape index (κ2) is 9.50. The number of hydrogen-bond donors (Lipinski definition) is 0. The number of ether oxygens (including phenoxy) is 7. The first-order valence-corrected chi connectivity index (χ1v) is 12.1. The number of rotatable bonds is 6. The zero-order valence-corrected chi connectivity index (χ0v) is 21.6. The lowest BCUT2D eigenvalue weighted by Crippen LogP contribution is -2.32. The van der Waals surface area contributed by atoms with Gasteiger partial charge in [-0.1, -0.05) is 6.07 Å². The highest BCUT2D eigenvalue weighted by molar-refractivity contribution is 6.15. The Balaban J connectivity index is 1.27. The van der Waals surface area contributed by atoms with E-state index in [0.29, 0.717) is 53.9 Å². The van der Waals surface area contributed by atoms with E-state index in [9.17, 15) is 4.79 Å². The van der Waals surface area contributed by atoms with E-state index in [2.05, 4.69) is 4.90 Å². The Labute approximate surface area is 220 Å². The van der Waals surface area contributed by atoms with Crippen molar-refractivity contribution in [3.8, 4) is 40.2 Å². The molecular weight excluding hydrogens is 490 g/mol. The Morgan fingerprint density at radius 3 is 2.53 bits per heavy atom. The van der Waals surface area contributed by atoms with Crippen LogP contribution in [0.5, 0.6) is 40.2 Å². The highest BCUT2D eigenvalue weighted by Crippen LogP contribution is 2.45. The third-order valence-corrected chi connectivity index (χ3v) is 6.87. The molecule has 0 spiro atoms. The number of benzene rings is 3. The van der Waals surface area contributed by atoms with E-state index in [0.717, 1.165) is 33.9 Å². The molecule has 9 heteroatoms. The summed E-state index contributed by atoms with van der Waals surface area (Å²) in [7, 11) is 4.63. The first-order chi connectivity index (χ1) is 18.5. The first-order valence-electron chi connectivity index (χ1n) is 12.1. The fourth-order valence-corrected chi connectivity index (χ4v) is 5.07. The summed E-state index contributed by atoms with van der Waals surface area (Å²) < 4.78 is 39.5. The number of carbonyl (C=O) groups is 1. The molecule has 0 fully saturated rings. The van der Waals surface area contributed by atoms with Crippen molar-refractivity contribution < 1.29 is 38.0 Å². The molecular formula is C29H27NO8. The molecule has 3 heterocycles. The lowest BCUT2D eigenvalue weighted by molar-refractivity contribution is 0.0876. The minimum atomic E-state index is -0.198. The monoisotopic (exact) mass is 517 g/mol. The first kappa shape index (κ1) is 24.0. The number of carbonyl (C=O) groups excluding carboxylic acids is 1. The SMILES string of the molecule is COc1ccc(/C=C2\Oc3c(cc4c(c3C)OCN(Cc3ccc5c(c3)OCO5)C4)C2=O)c(OC)c1OC. The van der Waals surface area contributed by atoms with Gasteiger partial charge in [0, 0.05) is 29.8 Å². The Morgan fingerprint density at radius 2 is 1.74 bits per heavy atom. The molecule has 0 atom stereocenters. The zero-order valence-electron chi connectivity index (χ0n) is 21.6. The highest BCUT2D eigenvalue weighted by atomic mass is 16.7. The molecule has 0 saturated heterocycles. The number of methoxy groups -OCH3 is 3. The van der Waals surface area contributed by atoms with Crippen LogP contribution in [-0.4, -0.2) is 45.5 Å². The zero-order chi connectivity index (χ0) is 26.4. The van der Waals surface area contributed by atoms with E-state index in [1.54, 1.807) is 25.3 Å². The minimum absolute atomic E-state index is 0.198. The van der Waals surface area contributed by atoms with Gasteiger partial charge in [-0.3, -0.25) is 9.69 Å². The van der Waals surface area contributed by atoms with Crippen molar-refractivity contribution in [2.45, 2.75) is 20.0 Å². The van der Waals surface area contributed by atoms with E-state index in [1.807, 2.05) is 31.2 Å². The quantitative estimate of drug-likeness (QED) is 0.431. The van der Waals surface area contributed by atoms with Crippen molar-refractivity contribution >= 4 is 11.9 Å². The van der Waals surface area contributed by atoms with Crippen LogP contribution in [-0.2, 0) is 13.1 Å². The molecule has 0 N–H and O–H groups in total. The van der Waals surface area contributed by atoms with Crippen molar-refractivity contribution in [3.05, 3.63) is 70.0 Å². The van der Waals surface area contributed by atoms with Crippen LogP contribution in [0.2, 0.25) is 0 Å². The molecule has 6 rings (SSSR count). The van der Waals surface area contributed by atoms with Gasteiger partial charge in [-0.15, -0.1) is 0 Å². The van der Waals surface area contributed by atoms with E-state index in [-0.39, 0.29) is 18.3 Å². The van der Waals surface area contributed by atoms with Crippen LogP contribution < -0.4 is 33.2 Å². The van der Waals surface area contributed by atoms with Gasteiger partial charge in [-0.25, -0.2) is 0 Å². The molecule has 3 aliphatic rings. The summed E-state index contributed by atoms with van der Waals surface area (Å²) in [4.78, 5) is 15.6. The largest absolute Gasteiger partial charge is 0.493 e. The Hall–Kier alpha value is -4.37. The number of Topliss-reactive ketones (excluding diaryl/α,β-unsaturated/α-hetero) is 1. The molecule has 3 aliphatic heterocycles. The third kappa shape index (κ3) is 3.95. The average molecular weight is 518 g/mol. The number of allylic oxidation sites excluding steroid dienone is 1. The molecule has 9 nitrogen and oxygen atoms in total. The van der Waals surface area contributed by atoms with Crippen molar-refractivity contribution in [3.63, 3.8) is 0 Å². The number of nitrogens with zero attached hydrogens (tertiary/aromatic N) is 1. The predicted molar refractivity (Wildman–Crippen MR) is 138 cm³/mol.